The smallest absolute Gasteiger partial charge is 0.234 e. The van der Waals surface area contributed by atoms with Crippen molar-refractivity contribution < 1.29 is 9.53 Å². The van der Waals surface area contributed by atoms with Crippen molar-refractivity contribution in [2.75, 3.05) is 31.5 Å². The summed E-state index contributed by atoms with van der Waals surface area (Å²) in [5, 5.41) is 3.38. The molecule has 0 spiro atoms. The van der Waals surface area contributed by atoms with Gasteiger partial charge in [-0.2, -0.15) is 0 Å². The molecule has 2 aromatic heterocycles. The molecule has 0 bridgehead atoms. The van der Waals surface area contributed by atoms with Crippen LogP contribution in [0.3, 0.4) is 0 Å². The van der Waals surface area contributed by atoms with Crippen molar-refractivity contribution in [3.05, 3.63) is 71.7 Å². The van der Waals surface area contributed by atoms with E-state index < -0.39 is 0 Å². The number of carbonyl (C=O) groups is 1. The van der Waals surface area contributed by atoms with Crippen LogP contribution in [0.15, 0.2) is 54.7 Å². The number of carbonyl (C=O) groups excluding carboxylic acids is 1. The van der Waals surface area contributed by atoms with Gasteiger partial charge in [0.15, 0.2) is 0 Å². The lowest BCUT2D eigenvalue weighted by Gasteiger charge is -2.37. The minimum Gasteiger partial charge on any atom is -0.455 e. The van der Waals surface area contributed by atoms with Crippen molar-refractivity contribution in [2.24, 2.45) is 5.73 Å². The number of pyridine rings is 2. The van der Waals surface area contributed by atoms with Crippen LogP contribution in [0.2, 0.25) is 0 Å². The fourth-order valence-electron chi connectivity index (χ4n) is 4.09. The highest BCUT2D eigenvalue weighted by molar-refractivity contribution is 5.79. The number of primary amides is 1. The van der Waals surface area contributed by atoms with Crippen molar-refractivity contribution in [1.82, 2.24) is 19.8 Å². The van der Waals surface area contributed by atoms with Crippen LogP contribution in [0.25, 0.3) is 0 Å². The van der Waals surface area contributed by atoms with E-state index in [1.165, 1.54) is 5.56 Å². The molecule has 3 N–H and O–H groups in total. The minimum absolute atomic E-state index is 0.215. The number of rotatable bonds is 8. The summed E-state index contributed by atoms with van der Waals surface area (Å²) in [4.78, 5) is 24.9. The predicted octanol–water partition coefficient (Wildman–Crippen LogP) is 3.62. The number of anilines is 2. The monoisotopic (exact) mass is 460 g/mol. The molecular formula is C26H32N6O2. The topological polar surface area (TPSA) is 96.6 Å². The van der Waals surface area contributed by atoms with Crippen LogP contribution in [0, 0.1) is 13.8 Å². The maximum absolute atomic E-state index is 11.4. The molecule has 8 nitrogen and oxygen atoms in total. The Morgan fingerprint density at radius 2 is 1.91 bits per heavy atom. The van der Waals surface area contributed by atoms with E-state index in [-0.39, 0.29) is 11.9 Å². The molecule has 3 aromatic rings. The summed E-state index contributed by atoms with van der Waals surface area (Å²) in [6.45, 7) is 10.1. The number of nitrogens with one attached hydrogen (secondary N) is 1. The molecule has 1 unspecified atom stereocenters. The van der Waals surface area contributed by atoms with Crippen molar-refractivity contribution >= 4 is 17.4 Å². The standard InChI is InChI=1S/C26H32N6O2/c1-18-7-8-24(19(2)29-18)34-23-9-10-28-25(16-23)30-22-6-4-5-21(15-22)17-31-11-13-32(14-12-31)20(3)26(27)33/h4-10,15-16,20H,11-14,17H2,1-3H3,(H2,27,33)(H,28,30). The van der Waals surface area contributed by atoms with Crippen molar-refractivity contribution in [2.45, 2.75) is 33.4 Å². The van der Waals surface area contributed by atoms with Crippen LogP contribution < -0.4 is 15.8 Å². The quantitative estimate of drug-likeness (QED) is 0.530. The molecular weight excluding hydrogens is 428 g/mol. The van der Waals surface area contributed by atoms with E-state index in [0.717, 1.165) is 55.5 Å². The molecule has 1 fully saturated rings. The van der Waals surface area contributed by atoms with Crippen molar-refractivity contribution in [3.63, 3.8) is 0 Å². The van der Waals surface area contributed by atoms with Gasteiger partial charge in [0.05, 0.1) is 11.7 Å². The molecule has 0 aliphatic carbocycles. The van der Waals surface area contributed by atoms with Gasteiger partial charge in [0.2, 0.25) is 5.91 Å². The van der Waals surface area contributed by atoms with Gasteiger partial charge in [-0.05, 0) is 56.7 Å². The number of hydrogen-bond donors (Lipinski definition) is 2. The van der Waals surface area contributed by atoms with Gasteiger partial charge in [-0.25, -0.2) is 4.98 Å². The molecule has 0 radical (unpaired) electrons. The van der Waals surface area contributed by atoms with Crippen LogP contribution in [-0.2, 0) is 11.3 Å². The minimum atomic E-state index is -0.263. The molecule has 3 heterocycles. The second-order valence-corrected chi connectivity index (χ2v) is 8.73. The maximum Gasteiger partial charge on any atom is 0.234 e. The fourth-order valence-corrected chi connectivity index (χ4v) is 4.09. The lowest BCUT2D eigenvalue weighted by Crippen LogP contribution is -2.52. The molecule has 4 rings (SSSR count). The average molecular weight is 461 g/mol. The Kier molecular flexibility index (Phi) is 7.40. The molecule has 1 aromatic carbocycles. The molecule has 0 saturated carbocycles. The van der Waals surface area contributed by atoms with E-state index >= 15 is 0 Å². The third-order valence-corrected chi connectivity index (χ3v) is 6.11. The molecule has 1 atom stereocenters. The average Bonchev–Trinajstić information content (AvgIpc) is 2.81. The zero-order chi connectivity index (χ0) is 24.1. The Morgan fingerprint density at radius 3 is 2.65 bits per heavy atom. The number of nitrogens with zero attached hydrogens (tertiary/aromatic N) is 4. The van der Waals surface area contributed by atoms with Gasteiger partial charge >= 0.3 is 0 Å². The van der Waals surface area contributed by atoms with Crippen molar-refractivity contribution in [1.29, 1.82) is 0 Å². The Morgan fingerprint density at radius 1 is 1.12 bits per heavy atom. The Balaban J connectivity index is 1.36. The summed E-state index contributed by atoms with van der Waals surface area (Å²) < 4.78 is 6.02. The van der Waals surface area contributed by atoms with E-state index in [4.69, 9.17) is 10.5 Å². The summed E-state index contributed by atoms with van der Waals surface area (Å²) in [5.41, 5.74) is 9.45. The van der Waals surface area contributed by atoms with Crippen molar-refractivity contribution in [3.8, 4) is 11.5 Å². The van der Waals surface area contributed by atoms with Gasteiger partial charge in [0, 0.05) is 56.4 Å². The second kappa shape index (κ2) is 10.6. The van der Waals surface area contributed by atoms with Gasteiger partial charge in [-0.3, -0.25) is 19.6 Å². The van der Waals surface area contributed by atoms with Gasteiger partial charge in [0.1, 0.15) is 17.3 Å². The van der Waals surface area contributed by atoms with E-state index in [9.17, 15) is 4.79 Å². The van der Waals surface area contributed by atoms with E-state index in [0.29, 0.717) is 11.6 Å². The van der Waals surface area contributed by atoms with Crippen LogP contribution in [-0.4, -0.2) is 57.9 Å². The third-order valence-electron chi connectivity index (χ3n) is 6.11. The molecule has 1 saturated heterocycles. The molecule has 34 heavy (non-hydrogen) atoms. The van der Waals surface area contributed by atoms with Crippen LogP contribution in [0.4, 0.5) is 11.5 Å². The number of aryl methyl sites for hydroxylation is 2. The number of amides is 1. The SMILES string of the molecule is Cc1ccc(Oc2ccnc(Nc3cccc(CN4CCN(C(C)C(N)=O)CC4)c3)c2)c(C)n1. The molecule has 178 valence electrons. The summed E-state index contributed by atoms with van der Waals surface area (Å²) in [7, 11) is 0. The first kappa shape index (κ1) is 23.7. The normalized spacial score (nSPS) is 15.6. The molecule has 1 aliphatic rings. The second-order valence-electron chi connectivity index (χ2n) is 8.73. The van der Waals surface area contributed by atoms with Crippen LogP contribution >= 0.6 is 0 Å². The number of nitrogens with two attached hydrogens (primary N) is 1. The molecule has 8 heteroatoms. The van der Waals surface area contributed by atoms with Crippen LogP contribution in [0.5, 0.6) is 11.5 Å². The van der Waals surface area contributed by atoms with Gasteiger partial charge in [0.25, 0.3) is 0 Å². The fraction of sp³-hybridized carbons (Fsp3) is 0.346. The zero-order valence-electron chi connectivity index (χ0n) is 20.0. The zero-order valence-corrected chi connectivity index (χ0v) is 20.0. The Bertz CT molecular complexity index is 1140. The summed E-state index contributed by atoms with van der Waals surface area (Å²) in [6.07, 6.45) is 1.73. The van der Waals surface area contributed by atoms with E-state index in [2.05, 4.69) is 37.2 Å². The van der Waals surface area contributed by atoms with E-state index in [1.807, 2.05) is 57.2 Å². The highest BCUT2D eigenvalue weighted by Crippen LogP contribution is 2.26. The Labute approximate surface area is 200 Å². The Hall–Kier alpha value is -3.49. The van der Waals surface area contributed by atoms with E-state index in [1.54, 1.807) is 6.20 Å². The molecule has 1 aliphatic heterocycles. The van der Waals surface area contributed by atoms with Gasteiger partial charge in [-0.15, -0.1) is 0 Å². The largest absolute Gasteiger partial charge is 0.455 e. The number of benzene rings is 1. The summed E-state index contributed by atoms with van der Waals surface area (Å²) in [6, 6.07) is 15.7. The highest BCUT2D eigenvalue weighted by atomic mass is 16.5. The number of aromatic nitrogens is 2. The first-order valence-electron chi connectivity index (χ1n) is 11.6. The number of hydrogen-bond acceptors (Lipinski definition) is 7. The third kappa shape index (κ3) is 6.09. The lowest BCUT2D eigenvalue weighted by atomic mass is 10.1. The highest BCUT2D eigenvalue weighted by Gasteiger charge is 2.23. The lowest BCUT2D eigenvalue weighted by molar-refractivity contribution is -0.123. The first-order valence-corrected chi connectivity index (χ1v) is 11.6. The molecule has 1 amide bonds. The van der Waals surface area contributed by atoms with Crippen LogP contribution in [0.1, 0.15) is 23.9 Å². The maximum atomic E-state index is 11.4. The predicted molar refractivity (Wildman–Crippen MR) is 133 cm³/mol. The summed E-state index contributed by atoms with van der Waals surface area (Å²) in [5.74, 6) is 1.88. The number of ether oxygens (including phenoxy) is 1. The number of piperazine rings is 1. The first-order chi connectivity index (χ1) is 16.4. The van der Waals surface area contributed by atoms with Gasteiger partial charge < -0.3 is 15.8 Å². The summed E-state index contributed by atoms with van der Waals surface area (Å²) >= 11 is 0. The van der Waals surface area contributed by atoms with Gasteiger partial charge in [-0.1, -0.05) is 12.1 Å².